The number of rotatable bonds is 3. The van der Waals surface area contributed by atoms with Crippen molar-refractivity contribution in [3.63, 3.8) is 0 Å². The normalized spacial score (nSPS) is 17.4. The molecule has 0 bridgehead atoms. The highest BCUT2D eigenvalue weighted by atomic mass is 79.9. The molecule has 0 atom stereocenters. The Morgan fingerprint density at radius 1 is 1.38 bits per heavy atom. The molecule has 1 fully saturated rings. The van der Waals surface area contributed by atoms with Gasteiger partial charge in [0, 0.05) is 17.2 Å². The van der Waals surface area contributed by atoms with E-state index >= 15 is 0 Å². The predicted octanol–water partition coefficient (Wildman–Crippen LogP) is 4.49. The molecule has 1 aromatic heterocycles. The number of anilines is 1. The van der Waals surface area contributed by atoms with Gasteiger partial charge in [-0.3, -0.25) is 0 Å². The van der Waals surface area contributed by atoms with E-state index in [1.807, 2.05) is 6.07 Å². The summed E-state index contributed by atoms with van der Waals surface area (Å²) in [6.07, 6.45) is 8.58. The van der Waals surface area contributed by atoms with Crippen molar-refractivity contribution >= 4 is 33.3 Å². The zero-order chi connectivity index (χ0) is 11.4. The number of pyridine rings is 1. The number of halogens is 2. The molecule has 0 unspecified atom stereocenters. The molecule has 1 N–H and O–H groups in total. The van der Waals surface area contributed by atoms with Crippen LogP contribution < -0.4 is 5.32 Å². The Labute approximate surface area is 110 Å². The van der Waals surface area contributed by atoms with Gasteiger partial charge < -0.3 is 5.32 Å². The van der Waals surface area contributed by atoms with Crippen molar-refractivity contribution in [3.05, 3.63) is 21.8 Å². The maximum atomic E-state index is 6.09. The lowest BCUT2D eigenvalue weighted by atomic mass is 9.89. The van der Waals surface area contributed by atoms with Crippen molar-refractivity contribution in [2.75, 3.05) is 11.9 Å². The average molecular weight is 304 g/mol. The van der Waals surface area contributed by atoms with Crippen LogP contribution in [0.4, 0.5) is 5.82 Å². The van der Waals surface area contributed by atoms with Gasteiger partial charge >= 0.3 is 0 Å². The molecule has 16 heavy (non-hydrogen) atoms. The van der Waals surface area contributed by atoms with Crippen LogP contribution in [0, 0.1) is 5.92 Å². The van der Waals surface area contributed by atoms with E-state index in [4.69, 9.17) is 11.6 Å². The van der Waals surface area contributed by atoms with Crippen molar-refractivity contribution < 1.29 is 0 Å². The lowest BCUT2D eigenvalue weighted by Crippen LogP contribution is -2.17. The van der Waals surface area contributed by atoms with E-state index in [1.165, 1.54) is 32.1 Å². The molecule has 0 saturated heterocycles. The van der Waals surface area contributed by atoms with Crippen molar-refractivity contribution in [2.24, 2.45) is 5.92 Å². The van der Waals surface area contributed by atoms with Crippen LogP contribution in [0.15, 0.2) is 16.7 Å². The maximum Gasteiger partial charge on any atom is 0.144 e. The van der Waals surface area contributed by atoms with E-state index in [1.54, 1.807) is 6.20 Å². The molecule has 0 spiro atoms. The molecule has 1 aromatic rings. The lowest BCUT2D eigenvalue weighted by molar-refractivity contribution is 0.373. The highest BCUT2D eigenvalue weighted by Gasteiger charge is 2.13. The van der Waals surface area contributed by atoms with Gasteiger partial charge in [-0.2, -0.15) is 0 Å². The molecule has 0 aliphatic heterocycles. The van der Waals surface area contributed by atoms with Gasteiger partial charge in [0.15, 0.2) is 0 Å². The molecular weight excluding hydrogens is 288 g/mol. The summed E-state index contributed by atoms with van der Waals surface area (Å²) in [6, 6.07) is 1.87. The molecule has 1 aliphatic rings. The van der Waals surface area contributed by atoms with Gasteiger partial charge in [0.25, 0.3) is 0 Å². The minimum Gasteiger partial charge on any atom is -0.369 e. The third-order valence-electron chi connectivity index (χ3n) is 3.09. The highest BCUT2D eigenvalue weighted by molar-refractivity contribution is 9.10. The Morgan fingerprint density at radius 2 is 2.12 bits per heavy atom. The number of aromatic nitrogens is 1. The summed E-state index contributed by atoms with van der Waals surface area (Å²) in [6.45, 7) is 0.994. The number of nitrogens with one attached hydrogen (secondary N) is 1. The first-order chi connectivity index (χ1) is 7.75. The van der Waals surface area contributed by atoms with Crippen molar-refractivity contribution in [2.45, 2.75) is 32.1 Å². The molecule has 1 saturated carbocycles. The van der Waals surface area contributed by atoms with Gasteiger partial charge in [-0.1, -0.05) is 30.9 Å². The molecule has 88 valence electrons. The number of hydrogen-bond acceptors (Lipinski definition) is 2. The largest absolute Gasteiger partial charge is 0.369 e. The molecule has 2 nitrogen and oxygen atoms in total. The van der Waals surface area contributed by atoms with Crippen LogP contribution in [0.25, 0.3) is 0 Å². The second kappa shape index (κ2) is 5.87. The zero-order valence-corrected chi connectivity index (χ0v) is 11.5. The summed E-state index contributed by atoms with van der Waals surface area (Å²) >= 11 is 9.44. The second-order valence-electron chi connectivity index (χ2n) is 4.37. The van der Waals surface area contributed by atoms with E-state index in [2.05, 4.69) is 26.2 Å². The van der Waals surface area contributed by atoms with Crippen LogP contribution in [0.5, 0.6) is 0 Å². The molecule has 0 amide bonds. The first-order valence-electron chi connectivity index (χ1n) is 5.80. The van der Waals surface area contributed by atoms with Gasteiger partial charge in [0.2, 0.25) is 0 Å². The lowest BCUT2D eigenvalue weighted by Gasteiger charge is -2.22. The van der Waals surface area contributed by atoms with Crippen molar-refractivity contribution in [3.8, 4) is 0 Å². The van der Waals surface area contributed by atoms with Crippen LogP contribution in [0.2, 0.25) is 5.02 Å². The minimum absolute atomic E-state index is 0.685. The SMILES string of the molecule is Clc1cc(Br)cnc1NCC1CCCCC1. The molecule has 2 rings (SSSR count). The van der Waals surface area contributed by atoms with E-state index in [9.17, 15) is 0 Å². The van der Waals surface area contributed by atoms with E-state index in [-0.39, 0.29) is 0 Å². The van der Waals surface area contributed by atoms with Crippen LogP contribution in [0.1, 0.15) is 32.1 Å². The summed E-state index contributed by atoms with van der Waals surface area (Å²) in [5.74, 6) is 1.59. The van der Waals surface area contributed by atoms with Gasteiger partial charge in [0.1, 0.15) is 5.82 Å². The van der Waals surface area contributed by atoms with Crippen LogP contribution in [-0.2, 0) is 0 Å². The molecule has 1 aliphatic carbocycles. The molecule has 0 aromatic carbocycles. The summed E-state index contributed by atoms with van der Waals surface area (Å²) in [7, 11) is 0. The topological polar surface area (TPSA) is 24.9 Å². The highest BCUT2D eigenvalue weighted by Crippen LogP contribution is 2.26. The van der Waals surface area contributed by atoms with Crippen LogP contribution in [-0.4, -0.2) is 11.5 Å². The van der Waals surface area contributed by atoms with Crippen LogP contribution >= 0.6 is 27.5 Å². The third-order valence-corrected chi connectivity index (χ3v) is 3.81. The number of nitrogens with zero attached hydrogens (tertiary/aromatic N) is 1. The summed E-state index contributed by atoms with van der Waals surface area (Å²) < 4.78 is 0.917. The quantitative estimate of drug-likeness (QED) is 0.890. The monoisotopic (exact) mass is 302 g/mol. The fourth-order valence-corrected chi connectivity index (χ4v) is 2.87. The van der Waals surface area contributed by atoms with Crippen molar-refractivity contribution in [1.29, 1.82) is 0 Å². The molecule has 4 heteroatoms. The Balaban J connectivity index is 1.88. The average Bonchev–Trinajstić information content (AvgIpc) is 2.29. The van der Waals surface area contributed by atoms with Crippen molar-refractivity contribution in [1.82, 2.24) is 4.98 Å². The Hall–Kier alpha value is -0.280. The van der Waals surface area contributed by atoms with Gasteiger partial charge in [0.05, 0.1) is 5.02 Å². The molecule has 0 radical (unpaired) electrons. The zero-order valence-electron chi connectivity index (χ0n) is 9.18. The predicted molar refractivity (Wildman–Crippen MR) is 72.0 cm³/mol. The third kappa shape index (κ3) is 3.36. The smallest absolute Gasteiger partial charge is 0.144 e. The Bertz CT molecular complexity index is 351. The molecule has 1 heterocycles. The maximum absolute atomic E-state index is 6.09. The van der Waals surface area contributed by atoms with Gasteiger partial charge in [-0.25, -0.2) is 4.98 Å². The summed E-state index contributed by atoms with van der Waals surface area (Å²) in [4.78, 5) is 4.27. The summed E-state index contributed by atoms with van der Waals surface area (Å²) in [5, 5.41) is 4.03. The van der Waals surface area contributed by atoms with Gasteiger partial charge in [-0.15, -0.1) is 0 Å². The standard InChI is InChI=1S/C12H16BrClN2/c13-10-6-11(14)12(16-8-10)15-7-9-4-2-1-3-5-9/h6,8-9H,1-5,7H2,(H,15,16). The van der Waals surface area contributed by atoms with Gasteiger partial charge in [-0.05, 0) is 40.8 Å². The fourth-order valence-electron chi connectivity index (χ4n) is 2.18. The van der Waals surface area contributed by atoms with Crippen LogP contribution in [0.3, 0.4) is 0 Å². The Kier molecular flexibility index (Phi) is 4.47. The number of hydrogen-bond donors (Lipinski definition) is 1. The van der Waals surface area contributed by atoms with E-state index in [0.29, 0.717) is 5.02 Å². The van der Waals surface area contributed by atoms with E-state index < -0.39 is 0 Å². The first-order valence-corrected chi connectivity index (χ1v) is 6.98. The second-order valence-corrected chi connectivity index (χ2v) is 5.69. The Morgan fingerprint density at radius 3 is 2.81 bits per heavy atom. The van der Waals surface area contributed by atoms with E-state index in [0.717, 1.165) is 22.8 Å². The minimum atomic E-state index is 0.685. The molecular formula is C12H16BrClN2. The fraction of sp³-hybridized carbons (Fsp3) is 0.583. The summed E-state index contributed by atoms with van der Waals surface area (Å²) in [5.41, 5.74) is 0. The first kappa shape index (κ1) is 12.2.